The number of methoxy groups -OCH3 is 1. The van der Waals surface area contributed by atoms with Crippen molar-refractivity contribution in [3.63, 3.8) is 0 Å². The van der Waals surface area contributed by atoms with Gasteiger partial charge in [0.2, 0.25) is 5.89 Å². The van der Waals surface area contributed by atoms with Crippen LogP contribution >= 0.6 is 0 Å². The minimum Gasteiger partial charge on any atom is -0.497 e. The third-order valence-electron chi connectivity index (χ3n) is 3.11. The van der Waals surface area contributed by atoms with Crippen LogP contribution in [-0.4, -0.2) is 12.1 Å². The summed E-state index contributed by atoms with van der Waals surface area (Å²) in [4.78, 5) is 4.35. The van der Waals surface area contributed by atoms with Crippen molar-refractivity contribution in [2.45, 2.75) is 13.2 Å². The Kier molecular flexibility index (Phi) is 3.75. The van der Waals surface area contributed by atoms with Crippen LogP contribution in [0.3, 0.4) is 0 Å². The first-order chi connectivity index (χ1) is 10.2. The maximum atomic E-state index is 5.70. The summed E-state index contributed by atoms with van der Waals surface area (Å²) < 4.78 is 16.3. The standard InChI is InChI=1S/C16H16N2O3/c1-19-13-5-2-11(3-6-13)9-20-10-16-18-14-7-4-12(17)8-15(14)21-16/h2-8H,9-10,17H2,1H3. The van der Waals surface area contributed by atoms with Gasteiger partial charge in [0, 0.05) is 11.8 Å². The van der Waals surface area contributed by atoms with Crippen molar-refractivity contribution in [2.24, 2.45) is 0 Å². The van der Waals surface area contributed by atoms with Crippen molar-refractivity contribution in [1.82, 2.24) is 4.98 Å². The minimum atomic E-state index is 0.320. The lowest BCUT2D eigenvalue weighted by Gasteiger charge is -2.03. The monoisotopic (exact) mass is 284 g/mol. The van der Waals surface area contributed by atoms with Crippen LogP contribution in [0.1, 0.15) is 11.5 Å². The molecular weight excluding hydrogens is 268 g/mol. The average molecular weight is 284 g/mol. The van der Waals surface area contributed by atoms with Gasteiger partial charge in [-0.05, 0) is 29.8 Å². The summed E-state index contributed by atoms with van der Waals surface area (Å²) in [5.74, 6) is 1.37. The second-order valence-corrected chi connectivity index (χ2v) is 4.68. The lowest BCUT2D eigenvalue weighted by Crippen LogP contribution is -1.94. The van der Waals surface area contributed by atoms with Gasteiger partial charge < -0.3 is 19.6 Å². The molecule has 3 rings (SSSR count). The van der Waals surface area contributed by atoms with E-state index in [0.29, 0.717) is 30.4 Å². The van der Waals surface area contributed by atoms with Crippen LogP contribution in [-0.2, 0) is 18.0 Å². The van der Waals surface area contributed by atoms with Crippen molar-refractivity contribution < 1.29 is 13.9 Å². The van der Waals surface area contributed by atoms with Gasteiger partial charge in [-0.25, -0.2) is 4.98 Å². The topological polar surface area (TPSA) is 70.5 Å². The molecular formula is C16H16N2O3. The molecule has 1 heterocycles. The summed E-state index contributed by atoms with van der Waals surface area (Å²) in [6.45, 7) is 0.811. The van der Waals surface area contributed by atoms with Gasteiger partial charge in [-0.1, -0.05) is 12.1 Å². The molecule has 108 valence electrons. The van der Waals surface area contributed by atoms with Crippen LogP contribution in [0.4, 0.5) is 5.69 Å². The summed E-state index contributed by atoms with van der Waals surface area (Å²) in [6.07, 6.45) is 0. The van der Waals surface area contributed by atoms with Crippen molar-refractivity contribution in [2.75, 3.05) is 12.8 Å². The quantitative estimate of drug-likeness (QED) is 0.729. The Morgan fingerprint density at radius 1 is 1.10 bits per heavy atom. The molecule has 0 atom stereocenters. The molecule has 2 N–H and O–H groups in total. The molecule has 0 aliphatic rings. The molecule has 21 heavy (non-hydrogen) atoms. The van der Waals surface area contributed by atoms with Gasteiger partial charge in [0.25, 0.3) is 0 Å². The molecule has 0 saturated carbocycles. The third-order valence-corrected chi connectivity index (χ3v) is 3.11. The normalized spacial score (nSPS) is 10.9. The molecule has 0 aliphatic heterocycles. The Morgan fingerprint density at radius 3 is 2.67 bits per heavy atom. The molecule has 0 spiro atoms. The Hall–Kier alpha value is -2.53. The lowest BCUT2D eigenvalue weighted by molar-refractivity contribution is 0.0906. The molecule has 3 aromatic rings. The second-order valence-electron chi connectivity index (χ2n) is 4.68. The highest BCUT2D eigenvalue weighted by molar-refractivity contribution is 5.76. The van der Waals surface area contributed by atoms with Gasteiger partial charge >= 0.3 is 0 Å². The van der Waals surface area contributed by atoms with E-state index in [4.69, 9.17) is 19.6 Å². The SMILES string of the molecule is COc1ccc(COCc2nc3ccc(N)cc3o2)cc1. The largest absolute Gasteiger partial charge is 0.497 e. The Balaban J connectivity index is 1.60. The van der Waals surface area contributed by atoms with E-state index >= 15 is 0 Å². The highest BCUT2D eigenvalue weighted by atomic mass is 16.5. The van der Waals surface area contributed by atoms with Gasteiger partial charge in [0.1, 0.15) is 17.9 Å². The zero-order valence-electron chi connectivity index (χ0n) is 11.7. The summed E-state index contributed by atoms with van der Waals surface area (Å²) in [5.41, 5.74) is 8.89. The Morgan fingerprint density at radius 2 is 1.90 bits per heavy atom. The van der Waals surface area contributed by atoms with Crippen molar-refractivity contribution in [3.05, 3.63) is 53.9 Å². The smallest absolute Gasteiger partial charge is 0.221 e. The van der Waals surface area contributed by atoms with Gasteiger partial charge in [-0.15, -0.1) is 0 Å². The molecule has 5 heteroatoms. The van der Waals surface area contributed by atoms with Gasteiger partial charge in [0.15, 0.2) is 5.58 Å². The van der Waals surface area contributed by atoms with Crippen LogP contribution in [0.15, 0.2) is 46.9 Å². The number of nitrogens with two attached hydrogens (primary N) is 1. The van der Waals surface area contributed by atoms with E-state index in [1.54, 1.807) is 19.2 Å². The van der Waals surface area contributed by atoms with Gasteiger partial charge in [-0.2, -0.15) is 0 Å². The first-order valence-corrected chi connectivity index (χ1v) is 6.60. The second kappa shape index (κ2) is 5.85. The van der Waals surface area contributed by atoms with E-state index in [1.165, 1.54) is 0 Å². The molecule has 0 fully saturated rings. The number of fused-ring (bicyclic) bond motifs is 1. The number of hydrogen-bond acceptors (Lipinski definition) is 5. The van der Waals surface area contributed by atoms with Crippen LogP contribution in [0, 0.1) is 0 Å². The maximum absolute atomic E-state index is 5.70. The van der Waals surface area contributed by atoms with Crippen molar-refractivity contribution in [3.8, 4) is 5.75 Å². The third kappa shape index (κ3) is 3.14. The molecule has 5 nitrogen and oxygen atoms in total. The molecule has 0 saturated heterocycles. The fourth-order valence-corrected chi connectivity index (χ4v) is 2.03. The number of rotatable bonds is 5. The van der Waals surface area contributed by atoms with Crippen molar-refractivity contribution in [1.29, 1.82) is 0 Å². The number of aromatic nitrogens is 1. The number of ether oxygens (including phenoxy) is 2. The Labute approximate surface area is 122 Å². The van der Waals surface area contributed by atoms with Crippen LogP contribution in [0.25, 0.3) is 11.1 Å². The first-order valence-electron chi connectivity index (χ1n) is 6.60. The number of hydrogen-bond donors (Lipinski definition) is 1. The number of benzene rings is 2. The van der Waals surface area contributed by atoms with E-state index in [2.05, 4.69) is 4.98 Å². The molecule has 0 bridgehead atoms. The summed E-state index contributed by atoms with van der Waals surface area (Å²) >= 11 is 0. The van der Waals surface area contributed by atoms with Crippen LogP contribution in [0.5, 0.6) is 5.75 Å². The number of anilines is 1. The zero-order valence-corrected chi connectivity index (χ0v) is 11.7. The van der Waals surface area contributed by atoms with Crippen molar-refractivity contribution >= 4 is 16.8 Å². The Bertz CT molecular complexity index is 735. The lowest BCUT2D eigenvalue weighted by atomic mass is 10.2. The summed E-state index contributed by atoms with van der Waals surface area (Å²) in [6, 6.07) is 13.1. The van der Waals surface area contributed by atoms with Crippen LogP contribution < -0.4 is 10.5 Å². The molecule has 0 aliphatic carbocycles. The van der Waals surface area contributed by atoms with Crippen LogP contribution in [0.2, 0.25) is 0 Å². The van der Waals surface area contributed by atoms with Gasteiger partial charge in [-0.3, -0.25) is 0 Å². The average Bonchev–Trinajstić information content (AvgIpc) is 2.89. The summed E-state index contributed by atoms with van der Waals surface area (Å²) in [5, 5.41) is 0. The number of oxazole rings is 1. The maximum Gasteiger partial charge on any atom is 0.221 e. The van der Waals surface area contributed by atoms with E-state index in [0.717, 1.165) is 16.8 Å². The predicted molar refractivity (Wildman–Crippen MR) is 79.9 cm³/mol. The summed E-state index contributed by atoms with van der Waals surface area (Å²) in [7, 11) is 1.64. The molecule has 0 radical (unpaired) electrons. The van der Waals surface area contributed by atoms with E-state index in [1.807, 2.05) is 30.3 Å². The fourth-order valence-electron chi connectivity index (χ4n) is 2.03. The number of nitrogens with zero attached hydrogens (tertiary/aromatic N) is 1. The molecule has 2 aromatic carbocycles. The fraction of sp³-hybridized carbons (Fsp3) is 0.188. The molecule has 1 aromatic heterocycles. The molecule has 0 amide bonds. The van der Waals surface area contributed by atoms with Gasteiger partial charge in [0.05, 0.1) is 13.7 Å². The zero-order chi connectivity index (χ0) is 14.7. The molecule has 0 unspecified atom stereocenters. The highest BCUT2D eigenvalue weighted by Crippen LogP contribution is 2.19. The predicted octanol–water partition coefficient (Wildman–Crippen LogP) is 3.14. The highest BCUT2D eigenvalue weighted by Gasteiger charge is 2.06. The van der Waals surface area contributed by atoms with E-state index in [-0.39, 0.29) is 0 Å². The first kappa shape index (κ1) is 13.5. The number of nitrogen functional groups attached to an aromatic ring is 1. The van der Waals surface area contributed by atoms with E-state index in [9.17, 15) is 0 Å². The minimum absolute atomic E-state index is 0.320. The van der Waals surface area contributed by atoms with E-state index < -0.39 is 0 Å².